The predicted molar refractivity (Wildman–Crippen MR) is 70.8 cm³/mol. The zero-order chi connectivity index (χ0) is 15.6. The summed E-state index contributed by atoms with van der Waals surface area (Å²) in [6.45, 7) is 2.92. The van der Waals surface area contributed by atoms with Crippen molar-refractivity contribution in [3.05, 3.63) is 33.9 Å². The molecule has 0 spiro atoms. The van der Waals surface area contributed by atoms with E-state index >= 15 is 0 Å². The molecule has 1 aromatic carbocycles. The fourth-order valence-corrected chi connectivity index (χ4v) is 2.09. The van der Waals surface area contributed by atoms with Crippen LogP contribution in [-0.2, 0) is 6.18 Å². The largest absolute Gasteiger partial charge is 0.423 e. The van der Waals surface area contributed by atoms with E-state index in [-0.39, 0.29) is 5.69 Å². The standard InChI is InChI=1S/C12H15F3N4O2/c1-17-4-6-18(7-5-17)16-9-2-3-11(19(20)21)10(8-9)12(13,14)15/h2-3,8,16H,4-7H2,1H3. The number of benzene rings is 1. The molecule has 1 N–H and O–H groups in total. The van der Waals surface area contributed by atoms with Gasteiger partial charge in [0.15, 0.2) is 0 Å². The molecule has 1 aliphatic heterocycles. The van der Waals surface area contributed by atoms with Crippen molar-refractivity contribution in [2.75, 3.05) is 38.7 Å². The van der Waals surface area contributed by atoms with E-state index in [2.05, 4.69) is 10.3 Å². The van der Waals surface area contributed by atoms with Crippen LogP contribution in [0.15, 0.2) is 18.2 Å². The summed E-state index contributed by atoms with van der Waals surface area (Å²) in [5, 5.41) is 12.5. The van der Waals surface area contributed by atoms with Gasteiger partial charge in [0.1, 0.15) is 5.56 Å². The first-order chi connectivity index (χ1) is 9.77. The number of rotatable bonds is 3. The minimum atomic E-state index is -4.76. The fraction of sp³-hybridized carbons (Fsp3) is 0.500. The molecule has 0 bridgehead atoms. The van der Waals surface area contributed by atoms with Crippen molar-refractivity contribution < 1.29 is 18.1 Å². The van der Waals surface area contributed by atoms with Crippen molar-refractivity contribution in [2.45, 2.75) is 6.18 Å². The third-order valence-corrected chi connectivity index (χ3v) is 3.29. The van der Waals surface area contributed by atoms with Crippen LogP contribution in [0.3, 0.4) is 0 Å². The van der Waals surface area contributed by atoms with Gasteiger partial charge in [0.2, 0.25) is 0 Å². The number of alkyl halides is 3. The second kappa shape index (κ2) is 5.86. The topological polar surface area (TPSA) is 61.6 Å². The molecule has 0 unspecified atom stereocenters. The first kappa shape index (κ1) is 15.5. The smallest absolute Gasteiger partial charge is 0.319 e. The van der Waals surface area contributed by atoms with Crippen molar-refractivity contribution in [1.29, 1.82) is 0 Å². The van der Waals surface area contributed by atoms with Crippen LogP contribution in [0, 0.1) is 10.1 Å². The van der Waals surface area contributed by atoms with Gasteiger partial charge in [0.25, 0.3) is 5.69 Å². The second-order valence-electron chi connectivity index (χ2n) is 4.89. The molecule has 1 heterocycles. The maximum atomic E-state index is 12.9. The molecule has 1 aromatic rings. The van der Waals surface area contributed by atoms with E-state index in [0.717, 1.165) is 25.2 Å². The molecule has 116 valence electrons. The Labute approximate surface area is 119 Å². The lowest BCUT2D eigenvalue weighted by atomic mass is 10.1. The summed E-state index contributed by atoms with van der Waals surface area (Å²) in [4.78, 5) is 11.8. The van der Waals surface area contributed by atoms with Crippen LogP contribution >= 0.6 is 0 Å². The van der Waals surface area contributed by atoms with Crippen LogP contribution in [0.5, 0.6) is 0 Å². The number of anilines is 1. The Hall–Kier alpha value is -1.87. The van der Waals surface area contributed by atoms with Gasteiger partial charge < -0.3 is 10.3 Å². The summed E-state index contributed by atoms with van der Waals surface area (Å²) in [6, 6.07) is 2.93. The van der Waals surface area contributed by atoms with E-state index in [1.807, 2.05) is 7.05 Å². The summed E-state index contributed by atoms with van der Waals surface area (Å²) < 4.78 is 38.6. The summed E-state index contributed by atoms with van der Waals surface area (Å²) in [7, 11) is 1.96. The van der Waals surface area contributed by atoms with Gasteiger partial charge in [0.05, 0.1) is 10.6 Å². The second-order valence-corrected chi connectivity index (χ2v) is 4.89. The Morgan fingerprint density at radius 3 is 2.38 bits per heavy atom. The number of nitrogens with one attached hydrogen (secondary N) is 1. The first-order valence-electron chi connectivity index (χ1n) is 6.33. The minimum Gasteiger partial charge on any atom is -0.319 e. The number of hydrazine groups is 1. The molecule has 9 heteroatoms. The number of nitro benzene ring substituents is 1. The Kier molecular flexibility index (Phi) is 4.33. The molecule has 0 radical (unpaired) electrons. The summed E-state index contributed by atoms with van der Waals surface area (Å²) in [5.74, 6) is 0. The highest BCUT2D eigenvalue weighted by molar-refractivity contribution is 5.54. The van der Waals surface area contributed by atoms with Gasteiger partial charge >= 0.3 is 6.18 Å². The SMILES string of the molecule is CN1CCN(Nc2ccc([N+](=O)[O-])c(C(F)(F)F)c2)CC1. The Morgan fingerprint density at radius 1 is 1.24 bits per heavy atom. The molecule has 1 aliphatic rings. The lowest BCUT2D eigenvalue weighted by Crippen LogP contribution is -2.46. The number of piperazine rings is 1. The molecule has 1 fully saturated rings. The first-order valence-corrected chi connectivity index (χ1v) is 6.33. The highest BCUT2D eigenvalue weighted by Crippen LogP contribution is 2.37. The summed E-state index contributed by atoms with van der Waals surface area (Å²) >= 11 is 0. The van der Waals surface area contributed by atoms with Gasteiger partial charge in [-0.25, -0.2) is 5.01 Å². The quantitative estimate of drug-likeness (QED) is 0.685. The normalized spacial score (nSPS) is 17.7. The maximum absolute atomic E-state index is 12.9. The van der Waals surface area contributed by atoms with Crippen molar-refractivity contribution in [1.82, 2.24) is 9.91 Å². The van der Waals surface area contributed by atoms with Gasteiger partial charge in [-0.1, -0.05) is 0 Å². The number of likely N-dealkylation sites (N-methyl/N-ethyl adjacent to an activating group) is 1. The molecule has 0 saturated carbocycles. The predicted octanol–water partition coefficient (Wildman–Crippen LogP) is 2.19. The van der Waals surface area contributed by atoms with Gasteiger partial charge in [-0.3, -0.25) is 10.1 Å². The zero-order valence-corrected chi connectivity index (χ0v) is 11.4. The van der Waals surface area contributed by atoms with Crippen LogP contribution in [0.2, 0.25) is 0 Å². The molecule has 2 rings (SSSR count). The molecule has 0 atom stereocenters. The molecule has 0 aliphatic carbocycles. The monoisotopic (exact) mass is 304 g/mol. The maximum Gasteiger partial charge on any atom is 0.423 e. The number of halogens is 3. The van der Waals surface area contributed by atoms with E-state index < -0.39 is 22.4 Å². The highest BCUT2D eigenvalue weighted by atomic mass is 19.4. The van der Waals surface area contributed by atoms with E-state index in [1.165, 1.54) is 6.07 Å². The van der Waals surface area contributed by atoms with Crippen LogP contribution in [0.25, 0.3) is 0 Å². The minimum absolute atomic E-state index is 0.192. The number of hydrogen-bond acceptors (Lipinski definition) is 5. The van der Waals surface area contributed by atoms with E-state index in [4.69, 9.17) is 0 Å². The number of nitrogens with zero attached hydrogens (tertiary/aromatic N) is 3. The molecule has 21 heavy (non-hydrogen) atoms. The third kappa shape index (κ3) is 3.82. The van der Waals surface area contributed by atoms with Crippen molar-refractivity contribution in [3.63, 3.8) is 0 Å². The Balaban J connectivity index is 2.20. The van der Waals surface area contributed by atoms with Crippen LogP contribution < -0.4 is 5.43 Å². The molecule has 1 saturated heterocycles. The summed E-state index contributed by atoms with van der Waals surface area (Å²) in [5.41, 5.74) is 0.874. The van der Waals surface area contributed by atoms with Crippen LogP contribution in [-0.4, -0.2) is 48.1 Å². The van der Waals surface area contributed by atoms with Crippen LogP contribution in [0.4, 0.5) is 24.5 Å². The molecule has 6 nitrogen and oxygen atoms in total. The zero-order valence-electron chi connectivity index (χ0n) is 11.4. The van der Waals surface area contributed by atoms with E-state index in [9.17, 15) is 23.3 Å². The van der Waals surface area contributed by atoms with Crippen molar-refractivity contribution in [3.8, 4) is 0 Å². The third-order valence-electron chi connectivity index (χ3n) is 3.29. The average Bonchev–Trinajstić information content (AvgIpc) is 2.40. The fourth-order valence-electron chi connectivity index (χ4n) is 2.09. The van der Waals surface area contributed by atoms with Crippen molar-refractivity contribution >= 4 is 11.4 Å². The summed E-state index contributed by atoms with van der Waals surface area (Å²) in [6.07, 6.45) is -4.76. The number of hydrogen-bond donors (Lipinski definition) is 1. The van der Waals surface area contributed by atoms with Gasteiger partial charge in [-0.05, 0) is 19.2 Å². The van der Waals surface area contributed by atoms with E-state index in [1.54, 1.807) is 5.01 Å². The molecule has 0 amide bonds. The molecule has 0 aromatic heterocycles. The van der Waals surface area contributed by atoms with Gasteiger partial charge in [0, 0.05) is 32.2 Å². The molecular formula is C12H15F3N4O2. The highest BCUT2D eigenvalue weighted by Gasteiger charge is 2.38. The lowest BCUT2D eigenvalue weighted by Gasteiger charge is -2.33. The lowest BCUT2D eigenvalue weighted by molar-refractivity contribution is -0.388. The van der Waals surface area contributed by atoms with Gasteiger partial charge in [-0.15, -0.1) is 0 Å². The van der Waals surface area contributed by atoms with Crippen molar-refractivity contribution in [2.24, 2.45) is 0 Å². The van der Waals surface area contributed by atoms with Crippen LogP contribution in [0.1, 0.15) is 5.56 Å². The van der Waals surface area contributed by atoms with Gasteiger partial charge in [-0.2, -0.15) is 13.2 Å². The number of nitro groups is 1. The van der Waals surface area contributed by atoms with E-state index in [0.29, 0.717) is 13.1 Å². The molecular weight excluding hydrogens is 289 g/mol. The Bertz CT molecular complexity index is 528. The Morgan fingerprint density at radius 2 is 1.86 bits per heavy atom. The average molecular weight is 304 g/mol.